The van der Waals surface area contributed by atoms with E-state index in [4.69, 9.17) is 10.5 Å². The molecule has 0 radical (unpaired) electrons. The molecule has 2 unspecified atom stereocenters. The van der Waals surface area contributed by atoms with Gasteiger partial charge in [-0.1, -0.05) is 23.8 Å². The molecule has 1 heterocycles. The van der Waals surface area contributed by atoms with E-state index >= 15 is 0 Å². The normalized spacial score (nSPS) is 23.2. The first kappa shape index (κ1) is 14.0. The summed E-state index contributed by atoms with van der Waals surface area (Å²) < 4.78 is 5.09. The molecule has 2 atom stereocenters. The summed E-state index contributed by atoms with van der Waals surface area (Å²) >= 11 is 0. The van der Waals surface area contributed by atoms with Crippen LogP contribution in [0.4, 0.5) is 0 Å². The number of hydrogen-bond donors (Lipinski definition) is 1. The van der Waals surface area contributed by atoms with Crippen LogP contribution in [0.2, 0.25) is 0 Å². The van der Waals surface area contributed by atoms with Crippen molar-refractivity contribution in [1.29, 1.82) is 0 Å². The Balaban J connectivity index is 2.33. The van der Waals surface area contributed by atoms with E-state index in [1.165, 1.54) is 11.1 Å². The quantitative estimate of drug-likeness (QED) is 0.895. The standard InChI is InChI=1S/C15H22N2O2/c1-10-4-5-11(2)12(8-10)15-13(16)9-14(18)17(15)6-7-19-3/h4-5,8,13,15H,6-7,9,16H2,1-3H3. The maximum absolute atomic E-state index is 12.1. The molecule has 2 N–H and O–H groups in total. The maximum atomic E-state index is 12.1. The Labute approximate surface area is 114 Å². The first-order chi connectivity index (χ1) is 9.04. The third kappa shape index (κ3) is 2.80. The van der Waals surface area contributed by atoms with Gasteiger partial charge in [-0.15, -0.1) is 0 Å². The van der Waals surface area contributed by atoms with Crippen molar-refractivity contribution in [2.75, 3.05) is 20.3 Å². The summed E-state index contributed by atoms with van der Waals surface area (Å²) in [6.45, 7) is 5.27. The van der Waals surface area contributed by atoms with E-state index in [1.807, 2.05) is 4.90 Å². The van der Waals surface area contributed by atoms with Gasteiger partial charge < -0.3 is 15.4 Å². The molecular weight excluding hydrogens is 240 g/mol. The molecule has 2 rings (SSSR count). The van der Waals surface area contributed by atoms with E-state index in [1.54, 1.807) is 7.11 Å². The summed E-state index contributed by atoms with van der Waals surface area (Å²) in [5.41, 5.74) is 9.72. The highest BCUT2D eigenvalue weighted by Crippen LogP contribution is 2.34. The van der Waals surface area contributed by atoms with Gasteiger partial charge in [0.05, 0.1) is 12.6 Å². The number of likely N-dealkylation sites (tertiary alicyclic amines) is 1. The van der Waals surface area contributed by atoms with Crippen molar-refractivity contribution in [2.24, 2.45) is 5.73 Å². The molecule has 0 aliphatic carbocycles. The average molecular weight is 262 g/mol. The lowest BCUT2D eigenvalue weighted by Gasteiger charge is -2.28. The average Bonchev–Trinajstić information content (AvgIpc) is 2.64. The lowest BCUT2D eigenvalue weighted by Crippen LogP contribution is -2.35. The monoisotopic (exact) mass is 262 g/mol. The Kier molecular flexibility index (Phi) is 4.22. The van der Waals surface area contributed by atoms with Crippen molar-refractivity contribution in [2.45, 2.75) is 32.4 Å². The van der Waals surface area contributed by atoms with Gasteiger partial charge in [0.1, 0.15) is 0 Å². The molecule has 1 amide bonds. The van der Waals surface area contributed by atoms with E-state index < -0.39 is 0 Å². The minimum absolute atomic E-state index is 0.0254. The fourth-order valence-electron chi connectivity index (χ4n) is 2.75. The van der Waals surface area contributed by atoms with Gasteiger partial charge in [-0.2, -0.15) is 0 Å². The van der Waals surface area contributed by atoms with E-state index in [9.17, 15) is 4.79 Å². The number of nitrogens with two attached hydrogens (primary N) is 1. The van der Waals surface area contributed by atoms with E-state index in [0.717, 1.165) is 5.56 Å². The Morgan fingerprint density at radius 3 is 2.84 bits per heavy atom. The van der Waals surface area contributed by atoms with Crippen molar-refractivity contribution in [3.63, 3.8) is 0 Å². The number of ether oxygens (including phenoxy) is 1. The molecule has 4 nitrogen and oxygen atoms in total. The molecular formula is C15H22N2O2. The first-order valence-corrected chi connectivity index (χ1v) is 6.65. The van der Waals surface area contributed by atoms with Crippen molar-refractivity contribution in [1.82, 2.24) is 4.90 Å². The van der Waals surface area contributed by atoms with Crippen LogP contribution >= 0.6 is 0 Å². The van der Waals surface area contributed by atoms with Crippen LogP contribution in [0.1, 0.15) is 29.2 Å². The number of carbonyl (C=O) groups excluding carboxylic acids is 1. The molecule has 1 aromatic carbocycles. The molecule has 0 bridgehead atoms. The zero-order valence-electron chi connectivity index (χ0n) is 11.8. The second-order valence-electron chi connectivity index (χ2n) is 5.25. The minimum atomic E-state index is -0.134. The summed E-state index contributed by atoms with van der Waals surface area (Å²) in [7, 11) is 1.65. The highest BCUT2D eigenvalue weighted by Gasteiger charge is 2.38. The Bertz CT molecular complexity index is 473. The smallest absolute Gasteiger partial charge is 0.224 e. The number of amides is 1. The van der Waals surface area contributed by atoms with Gasteiger partial charge in [0.15, 0.2) is 0 Å². The molecule has 0 aromatic heterocycles. The molecule has 1 aliphatic rings. The number of benzene rings is 1. The topological polar surface area (TPSA) is 55.6 Å². The maximum Gasteiger partial charge on any atom is 0.224 e. The van der Waals surface area contributed by atoms with Crippen LogP contribution in [0.25, 0.3) is 0 Å². The number of rotatable bonds is 4. The Hall–Kier alpha value is -1.39. The fourth-order valence-corrected chi connectivity index (χ4v) is 2.75. The number of hydrogen-bond acceptors (Lipinski definition) is 3. The zero-order chi connectivity index (χ0) is 14.0. The largest absolute Gasteiger partial charge is 0.383 e. The highest BCUT2D eigenvalue weighted by atomic mass is 16.5. The number of carbonyl (C=O) groups is 1. The van der Waals surface area contributed by atoms with Crippen LogP contribution in [0.15, 0.2) is 18.2 Å². The summed E-state index contributed by atoms with van der Waals surface area (Å²) in [5, 5.41) is 0. The van der Waals surface area contributed by atoms with Gasteiger partial charge in [0, 0.05) is 26.1 Å². The fraction of sp³-hybridized carbons (Fsp3) is 0.533. The van der Waals surface area contributed by atoms with Crippen LogP contribution in [0, 0.1) is 13.8 Å². The molecule has 1 saturated heterocycles. The van der Waals surface area contributed by atoms with Gasteiger partial charge in [-0.05, 0) is 25.0 Å². The van der Waals surface area contributed by atoms with Gasteiger partial charge in [-0.3, -0.25) is 4.79 Å². The summed E-state index contributed by atoms with van der Waals surface area (Å²) in [4.78, 5) is 13.9. The number of methoxy groups -OCH3 is 1. The Morgan fingerprint density at radius 2 is 2.16 bits per heavy atom. The van der Waals surface area contributed by atoms with E-state index in [0.29, 0.717) is 19.6 Å². The van der Waals surface area contributed by atoms with Crippen LogP contribution < -0.4 is 5.73 Å². The van der Waals surface area contributed by atoms with Crippen molar-refractivity contribution >= 4 is 5.91 Å². The van der Waals surface area contributed by atoms with Crippen LogP contribution in [-0.4, -0.2) is 37.1 Å². The molecule has 1 fully saturated rings. The summed E-state index contributed by atoms with van der Waals surface area (Å²) in [6, 6.07) is 6.15. The van der Waals surface area contributed by atoms with E-state index in [-0.39, 0.29) is 18.0 Å². The molecule has 0 saturated carbocycles. The highest BCUT2D eigenvalue weighted by molar-refractivity contribution is 5.80. The van der Waals surface area contributed by atoms with Crippen molar-refractivity contribution in [3.05, 3.63) is 34.9 Å². The SMILES string of the molecule is COCCN1C(=O)CC(N)C1c1cc(C)ccc1C. The van der Waals surface area contributed by atoms with Gasteiger partial charge in [-0.25, -0.2) is 0 Å². The summed E-state index contributed by atoms with van der Waals surface area (Å²) in [5.74, 6) is 0.121. The second-order valence-corrected chi connectivity index (χ2v) is 5.25. The van der Waals surface area contributed by atoms with Crippen LogP contribution in [0.3, 0.4) is 0 Å². The minimum Gasteiger partial charge on any atom is -0.383 e. The zero-order valence-corrected chi connectivity index (χ0v) is 11.8. The van der Waals surface area contributed by atoms with Gasteiger partial charge in [0.2, 0.25) is 5.91 Å². The molecule has 19 heavy (non-hydrogen) atoms. The number of aryl methyl sites for hydroxylation is 2. The third-order valence-electron chi connectivity index (χ3n) is 3.76. The molecule has 4 heteroatoms. The van der Waals surface area contributed by atoms with Crippen LogP contribution in [-0.2, 0) is 9.53 Å². The van der Waals surface area contributed by atoms with Crippen molar-refractivity contribution < 1.29 is 9.53 Å². The Morgan fingerprint density at radius 1 is 1.42 bits per heavy atom. The predicted molar refractivity (Wildman–Crippen MR) is 74.8 cm³/mol. The molecule has 1 aromatic rings. The number of nitrogens with zero attached hydrogens (tertiary/aromatic N) is 1. The summed E-state index contributed by atoms with van der Waals surface area (Å²) in [6.07, 6.45) is 0.418. The predicted octanol–water partition coefficient (Wildman–Crippen LogP) is 1.55. The van der Waals surface area contributed by atoms with Gasteiger partial charge in [0.25, 0.3) is 0 Å². The van der Waals surface area contributed by atoms with Gasteiger partial charge >= 0.3 is 0 Å². The lowest BCUT2D eigenvalue weighted by atomic mass is 9.95. The molecule has 0 spiro atoms. The molecule has 1 aliphatic heterocycles. The van der Waals surface area contributed by atoms with Crippen molar-refractivity contribution in [3.8, 4) is 0 Å². The van der Waals surface area contributed by atoms with Crippen LogP contribution in [0.5, 0.6) is 0 Å². The second kappa shape index (κ2) is 5.72. The van der Waals surface area contributed by atoms with E-state index in [2.05, 4.69) is 32.0 Å². The first-order valence-electron chi connectivity index (χ1n) is 6.65. The molecule has 104 valence electrons. The lowest BCUT2D eigenvalue weighted by molar-refractivity contribution is -0.129. The third-order valence-corrected chi connectivity index (χ3v) is 3.76.